The SMILES string of the molecule is Cc1ccccc1N1CCN(C(=O)C(Cc2ccc3ccccc3c2)NC(=O)C2C[C@@H](O)CN2C(=O)C2CC3CC(C2C)C3(C)C)CC1. The molecule has 3 amide bonds. The van der Waals surface area contributed by atoms with E-state index in [1.54, 1.807) is 4.90 Å². The van der Waals surface area contributed by atoms with Crippen LogP contribution in [0.2, 0.25) is 0 Å². The molecule has 2 bridgehead atoms. The first kappa shape index (κ1) is 32.6. The summed E-state index contributed by atoms with van der Waals surface area (Å²) in [5.41, 5.74) is 3.60. The summed E-state index contributed by atoms with van der Waals surface area (Å²) in [6.07, 6.45) is 1.76. The number of likely N-dealkylation sites (tertiary alicyclic amines) is 1. The van der Waals surface area contributed by atoms with Crippen LogP contribution in [0.5, 0.6) is 0 Å². The Morgan fingerprint density at radius 3 is 2.33 bits per heavy atom. The Morgan fingerprint density at radius 2 is 1.62 bits per heavy atom. The maximum absolute atomic E-state index is 14.3. The molecule has 0 aromatic heterocycles. The molecule has 0 spiro atoms. The third-order valence-electron chi connectivity index (χ3n) is 12.5. The first-order valence-electron chi connectivity index (χ1n) is 17.9. The Labute approximate surface area is 284 Å². The van der Waals surface area contributed by atoms with Crippen molar-refractivity contribution in [3.63, 3.8) is 0 Å². The zero-order valence-corrected chi connectivity index (χ0v) is 28.8. The number of nitrogens with zero attached hydrogens (tertiary/aromatic N) is 3. The van der Waals surface area contributed by atoms with E-state index in [4.69, 9.17) is 0 Å². The summed E-state index contributed by atoms with van der Waals surface area (Å²) in [6.45, 7) is 11.6. The van der Waals surface area contributed by atoms with Crippen LogP contribution in [0.4, 0.5) is 5.69 Å². The molecule has 7 atom stereocenters. The molecule has 3 aromatic carbocycles. The molecule has 8 rings (SSSR count). The molecule has 2 saturated heterocycles. The maximum atomic E-state index is 14.3. The second-order valence-electron chi connectivity index (χ2n) is 15.5. The van der Waals surface area contributed by atoms with E-state index in [1.165, 1.54) is 17.7 Å². The highest BCUT2D eigenvalue weighted by molar-refractivity contribution is 5.93. The van der Waals surface area contributed by atoms with Gasteiger partial charge in [0.1, 0.15) is 12.1 Å². The predicted molar refractivity (Wildman–Crippen MR) is 188 cm³/mol. The van der Waals surface area contributed by atoms with Gasteiger partial charge >= 0.3 is 0 Å². The van der Waals surface area contributed by atoms with Gasteiger partial charge in [-0.3, -0.25) is 14.4 Å². The number of β-amino-alcohol motifs (C(OH)–C–C–N with tert-alkyl or cyclic N) is 1. The van der Waals surface area contributed by atoms with Crippen molar-refractivity contribution in [1.82, 2.24) is 15.1 Å². The highest BCUT2D eigenvalue weighted by Crippen LogP contribution is 2.63. The fraction of sp³-hybridized carbons (Fsp3) is 0.525. The average Bonchev–Trinajstić information content (AvgIpc) is 3.49. The highest BCUT2D eigenvalue weighted by Gasteiger charge is 2.58. The number of amides is 3. The molecule has 2 heterocycles. The monoisotopic (exact) mass is 650 g/mol. The van der Waals surface area contributed by atoms with E-state index in [0.29, 0.717) is 44.4 Å². The number of aryl methyl sites for hydroxylation is 1. The molecule has 3 aliphatic carbocycles. The Bertz CT molecular complexity index is 1700. The van der Waals surface area contributed by atoms with Crippen molar-refractivity contribution in [2.75, 3.05) is 37.6 Å². The molecule has 0 radical (unpaired) electrons. The minimum Gasteiger partial charge on any atom is -0.391 e. The van der Waals surface area contributed by atoms with Crippen molar-refractivity contribution >= 4 is 34.2 Å². The number of hydrogen-bond acceptors (Lipinski definition) is 5. The smallest absolute Gasteiger partial charge is 0.245 e. The van der Waals surface area contributed by atoms with Crippen molar-refractivity contribution in [2.45, 2.75) is 71.6 Å². The van der Waals surface area contributed by atoms with Crippen molar-refractivity contribution in [3.8, 4) is 0 Å². The van der Waals surface area contributed by atoms with Gasteiger partial charge in [0.15, 0.2) is 0 Å². The van der Waals surface area contributed by atoms with Gasteiger partial charge in [0.05, 0.1) is 6.10 Å². The molecule has 2 N–H and O–H groups in total. The first-order chi connectivity index (χ1) is 23.0. The van der Waals surface area contributed by atoms with Gasteiger partial charge in [0.2, 0.25) is 17.7 Å². The number of carbonyl (C=O) groups is 3. The van der Waals surface area contributed by atoms with E-state index in [1.807, 2.05) is 35.2 Å². The normalized spacial score (nSPS) is 28.6. The summed E-state index contributed by atoms with van der Waals surface area (Å²) in [5.74, 6) is 0.630. The van der Waals surface area contributed by atoms with Crippen LogP contribution < -0.4 is 10.2 Å². The van der Waals surface area contributed by atoms with Gasteiger partial charge in [-0.1, -0.05) is 81.4 Å². The molecule has 6 unspecified atom stereocenters. The lowest BCUT2D eigenvalue weighted by Crippen LogP contribution is -2.60. The quantitative estimate of drug-likeness (QED) is 0.383. The minimum absolute atomic E-state index is 0.0193. The van der Waals surface area contributed by atoms with E-state index >= 15 is 0 Å². The number of fused-ring (bicyclic) bond motifs is 3. The number of aliphatic hydroxyl groups is 1. The summed E-state index contributed by atoms with van der Waals surface area (Å²) < 4.78 is 0. The zero-order chi connectivity index (χ0) is 33.7. The molecule has 5 aliphatic rings. The maximum Gasteiger partial charge on any atom is 0.245 e. The second-order valence-corrected chi connectivity index (χ2v) is 15.5. The topological polar surface area (TPSA) is 93.2 Å². The van der Waals surface area contributed by atoms with Crippen LogP contribution in [0.15, 0.2) is 66.7 Å². The summed E-state index contributed by atoms with van der Waals surface area (Å²) >= 11 is 0. The number of anilines is 1. The zero-order valence-electron chi connectivity index (χ0n) is 28.8. The molecule has 254 valence electrons. The summed E-state index contributed by atoms with van der Waals surface area (Å²) in [5, 5.41) is 16.0. The van der Waals surface area contributed by atoms with E-state index in [2.05, 4.69) is 74.3 Å². The second kappa shape index (κ2) is 12.8. The largest absolute Gasteiger partial charge is 0.391 e. The Morgan fingerprint density at radius 1 is 0.917 bits per heavy atom. The van der Waals surface area contributed by atoms with Crippen LogP contribution in [0.3, 0.4) is 0 Å². The van der Waals surface area contributed by atoms with Crippen LogP contribution in [0.25, 0.3) is 10.8 Å². The van der Waals surface area contributed by atoms with Crippen LogP contribution in [0.1, 0.15) is 51.2 Å². The van der Waals surface area contributed by atoms with Gasteiger partial charge in [-0.25, -0.2) is 0 Å². The number of para-hydroxylation sites is 1. The van der Waals surface area contributed by atoms with E-state index in [-0.39, 0.29) is 47.9 Å². The number of piperazine rings is 1. The van der Waals surface area contributed by atoms with Crippen LogP contribution >= 0.6 is 0 Å². The standard InChI is InChI=1S/C40H50N4O4/c1-25-9-5-8-12-35(25)42-15-17-43(18-16-42)39(48)34(20-27-13-14-28-10-6-7-11-29(28)19-27)41-37(46)36-23-31(45)24-44(36)38(47)32-21-30-22-33(26(32)2)40(30,3)4/h5-14,19,26,30-34,36,45H,15-18,20-24H2,1-4H3,(H,41,46)/t26?,30?,31-,32?,33?,34?,36?/m1/s1. The minimum atomic E-state index is -0.796. The molecule has 3 saturated carbocycles. The average molecular weight is 651 g/mol. The first-order valence-corrected chi connectivity index (χ1v) is 17.9. The van der Waals surface area contributed by atoms with Gasteiger partial charge in [0.25, 0.3) is 0 Å². The summed E-state index contributed by atoms with van der Waals surface area (Å²) in [7, 11) is 0. The van der Waals surface area contributed by atoms with Gasteiger partial charge in [-0.05, 0) is 70.9 Å². The molecular formula is C40H50N4O4. The molecule has 48 heavy (non-hydrogen) atoms. The lowest BCUT2D eigenvalue weighted by molar-refractivity contribution is -0.164. The number of hydrogen-bond donors (Lipinski definition) is 2. The number of aliphatic hydroxyl groups excluding tert-OH is 1. The van der Waals surface area contributed by atoms with Crippen molar-refractivity contribution in [3.05, 3.63) is 77.9 Å². The third kappa shape index (κ3) is 5.97. The Kier molecular flexibility index (Phi) is 8.73. The Balaban J connectivity index is 1.09. The summed E-state index contributed by atoms with van der Waals surface area (Å²) in [6, 6.07) is 21.0. The van der Waals surface area contributed by atoms with Crippen LogP contribution in [0, 0.1) is 36.0 Å². The predicted octanol–water partition coefficient (Wildman–Crippen LogP) is 4.80. The van der Waals surface area contributed by atoms with Gasteiger partial charge in [0, 0.05) is 57.2 Å². The van der Waals surface area contributed by atoms with Crippen molar-refractivity contribution < 1.29 is 19.5 Å². The van der Waals surface area contributed by atoms with Crippen LogP contribution in [-0.4, -0.2) is 83.5 Å². The van der Waals surface area contributed by atoms with Gasteiger partial charge in [-0.15, -0.1) is 0 Å². The number of nitrogens with one attached hydrogen (secondary N) is 1. The lowest BCUT2D eigenvalue weighted by Gasteiger charge is -2.62. The molecule has 2 aliphatic heterocycles. The fourth-order valence-corrected chi connectivity index (χ4v) is 9.37. The van der Waals surface area contributed by atoms with E-state index < -0.39 is 18.2 Å². The molecular weight excluding hydrogens is 600 g/mol. The number of benzene rings is 3. The number of rotatable bonds is 7. The summed E-state index contributed by atoms with van der Waals surface area (Å²) in [4.78, 5) is 48.2. The Hall–Kier alpha value is -3.91. The van der Waals surface area contributed by atoms with Crippen molar-refractivity contribution in [2.24, 2.45) is 29.1 Å². The molecule has 8 nitrogen and oxygen atoms in total. The fourth-order valence-electron chi connectivity index (χ4n) is 9.37. The molecule has 5 fully saturated rings. The van der Waals surface area contributed by atoms with E-state index in [0.717, 1.165) is 22.8 Å². The molecule has 3 aromatic rings. The highest BCUT2D eigenvalue weighted by atomic mass is 16.3. The van der Waals surface area contributed by atoms with E-state index in [9.17, 15) is 19.5 Å². The van der Waals surface area contributed by atoms with Crippen molar-refractivity contribution in [1.29, 1.82) is 0 Å². The molecule has 8 heteroatoms. The third-order valence-corrected chi connectivity index (χ3v) is 12.5. The van der Waals surface area contributed by atoms with Gasteiger partial charge in [-0.2, -0.15) is 0 Å². The van der Waals surface area contributed by atoms with Gasteiger partial charge < -0.3 is 25.1 Å². The van der Waals surface area contributed by atoms with Crippen LogP contribution in [-0.2, 0) is 20.8 Å². The number of carbonyl (C=O) groups excluding carboxylic acids is 3. The lowest BCUT2D eigenvalue weighted by atomic mass is 9.43.